The van der Waals surface area contributed by atoms with E-state index in [1.165, 1.54) is 12.8 Å². The number of ether oxygens (including phenoxy) is 1. The van der Waals surface area contributed by atoms with Crippen molar-refractivity contribution in [2.24, 2.45) is 0 Å². The Balaban J connectivity index is 2.31. The van der Waals surface area contributed by atoms with E-state index < -0.39 is 0 Å². The fourth-order valence-corrected chi connectivity index (χ4v) is 2.69. The van der Waals surface area contributed by atoms with Gasteiger partial charge in [0.05, 0.1) is 19.3 Å². The van der Waals surface area contributed by atoms with Crippen molar-refractivity contribution >= 4 is 0 Å². The minimum absolute atomic E-state index is 0.0497. The van der Waals surface area contributed by atoms with Crippen LogP contribution in [0.4, 0.5) is 0 Å². The third kappa shape index (κ3) is 2.61. The fraction of sp³-hybridized carbons (Fsp3) is 0.571. The molecule has 1 heterocycles. The monoisotopic (exact) mass is 235 g/mol. The second-order valence-corrected chi connectivity index (χ2v) is 4.67. The SMILES string of the molecule is COc1ccccc1[C@@H]([C@@H](C)O)N1CCCC1. The Hall–Kier alpha value is -1.06. The van der Waals surface area contributed by atoms with Gasteiger partial charge in [-0.1, -0.05) is 18.2 Å². The van der Waals surface area contributed by atoms with Crippen molar-refractivity contribution in [1.82, 2.24) is 4.90 Å². The molecule has 3 nitrogen and oxygen atoms in total. The van der Waals surface area contributed by atoms with E-state index in [2.05, 4.69) is 11.0 Å². The maximum atomic E-state index is 10.0. The molecule has 3 heteroatoms. The average Bonchev–Trinajstić information content (AvgIpc) is 2.83. The van der Waals surface area contributed by atoms with Crippen LogP contribution in [-0.2, 0) is 0 Å². The van der Waals surface area contributed by atoms with E-state index in [0.717, 1.165) is 24.4 Å². The van der Waals surface area contributed by atoms with E-state index in [1.54, 1.807) is 7.11 Å². The van der Waals surface area contributed by atoms with Gasteiger partial charge in [0, 0.05) is 5.56 Å². The molecule has 1 N–H and O–H groups in total. The number of methoxy groups -OCH3 is 1. The Morgan fingerprint density at radius 3 is 2.47 bits per heavy atom. The summed E-state index contributed by atoms with van der Waals surface area (Å²) in [5.41, 5.74) is 1.09. The Kier molecular flexibility index (Phi) is 4.02. The lowest BCUT2D eigenvalue weighted by Crippen LogP contribution is -2.33. The second kappa shape index (κ2) is 5.52. The zero-order chi connectivity index (χ0) is 12.3. The molecule has 1 saturated heterocycles. The van der Waals surface area contributed by atoms with Gasteiger partial charge in [-0.2, -0.15) is 0 Å². The molecule has 0 amide bonds. The predicted octanol–water partition coefficient (Wildman–Crippen LogP) is 2.21. The van der Waals surface area contributed by atoms with E-state index in [-0.39, 0.29) is 12.1 Å². The van der Waals surface area contributed by atoms with Gasteiger partial charge in [0.2, 0.25) is 0 Å². The molecule has 1 aromatic rings. The summed E-state index contributed by atoms with van der Waals surface area (Å²) in [6.07, 6.45) is 2.06. The molecule has 0 saturated carbocycles. The summed E-state index contributed by atoms with van der Waals surface area (Å²) in [5, 5.41) is 10.0. The first-order valence-electron chi connectivity index (χ1n) is 6.29. The molecule has 0 bridgehead atoms. The molecular formula is C14H21NO2. The standard InChI is InChI=1S/C14H21NO2/c1-11(16)14(15-9-5-6-10-15)12-7-3-4-8-13(12)17-2/h3-4,7-8,11,14,16H,5-6,9-10H2,1-2H3/t11-,14-/m1/s1. The van der Waals surface area contributed by atoms with E-state index in [4.69, 9.17) is 4.74 Å². The molecule has 0 unspecified atom stereocenters. The quantitative estimate of drug-likeness (QED) is 0.868. The first-order valence-corrected chi connectivity index (χ1v) is 6.29. The van der Waals surface area contributed by atoms with Crippen LogP contribution in [0.15, 0.2) is 24.3 Å². The predicted molar refractivity (Wildman–Crippen MR) is 68.2 cm³/mol. The first-order chi connectivity index (χ1) is 8.24. The van der Waals surface area contributed by atoms with Crippen LogP contribution in [-0.4, -0.2) is 36.3 Å². The van der Waals surface area contributed by atoms with Crippen molar-refractivity contribution in [1.29, 1.82) is 0 Å². The number of likely N-dealkylation sites (tertiary alicyclic amines) is 1. The van der Waals surface area contributed by atoms with Gasteiger partial charge < -0.3 is 9.84 Å². The number of aliphatic hydroxyl groups excluding tert-OH is 1. The zero-order valence-corrected chi connectivity index (χ0v) is 10.6. The minimum atomic E-state index is -0.385. The van der Waals surface area contributed by atoms with Crippen molar-refractivity contribution in [3.05, 3.63) is 29.8 Å². The van der Waals surface area contributed by atoms with Crippen molar-refractivity contribution < 1.29 is 9.84 Å². The van der Waals surface area contributed by atoms with Crippen LogP contribution in [0.1, 0.15) is 31.4 Å². The molecule has 1 aromatic carbocycles. The van der Waals surface area contributed by atoms with Gasteiger partial charge in [0.15, 0.2) is 0 Å². The molecule has 1 fully saturated rings. The lowest BCUT2D eigenvalue weighted by Gasteiger charge is -2.31. The smallest absolute Gasteiger partial charge is 0.123 e. The summed E-state index contributed by atoms with van der Waals surface area (Å²) < 4.78 is 5.40. The molecule has 0 aliphatic carbocycles. The number of hydrogen-bond donors (Lipinski definition) is 1. The summed E-state index contributed by atoms with van der Waals surface area (Å²) >= 11 is 0. The fourth-order valence-electron chi connectivity index (χ4n) is 2.69. The van der Waals surface area contributed by atoms with Crippen LogP contribution < -0.4 is 4.74 Å². The Bertz CT molecular complexity index is 359. The van der Waals surface area contributed by atoms with Crippen molar-refractivity contribution in [3.8, 4) is 5.75 Å². The maximum absolute atomic E-state index is 10.0. The third-order valence-electron chi connectivity index (χ3n) is 3.45. The molecule has 2 atom stereocenters. The first kappa shape index (κ1) is 12.4. The number of hydrogen-bond acceptors (Lipinski definition) is 3. The highest BCUT2D eigenvalue weighted by atomic mass is 16.5. The third-order valence-corrected chi connectivity index (χ3v) is 3.45. The molecule has 1 aliphatic rings. The number of aliphatic hydroxyl groups is 1. The number of para-hydroxylation sites is 1. The lowest BCUT2D eigenvalue weighted by atomic mass is 10.00. The average molecular weight is 235 g/mol. The minimum Gasteiger partial charge on any atom is -0.496 e. The number of rotatable bonds is 4. The highest BCUT2D eigenvalue weighted by Gasteiger charge is 2.29. The highest BCUT2D eigenvalue weighted by molar-refractivity contribution is 5.36. The van der Waals surface area contributed by atoms with Crippen molar-refractivity contribution in [2.45, 2.75) is 31.9 Å². The summed E-state index contributed by atoms with van der Waals surface area (Å²) in [7, 11) is 1.68. The second-order valence-electron chi connectivity index (χ2n) is 4.67. The summed E-state index contributed by atoms with van der Waals surface area (Å²) in [6, 6.07) is 8.03. The molecule has 2 rings (SSSR count). The topological polar surface area (TPSA) is 32.7 Å². The van der Waals surface area contributed by atoms with Gasteiger partial charge in [0.25, 0.3) is 0 Å². The molecule has 17 heavy (non-hydrogen) atoms. The molecule has 1 aliphatic heterocycles. The normalized spacial score (nSPS) is 20.2. The Morgan fingerprint density at radius 2 is 1.88 bits per heavy atom. The largest absolute Gasteiger partial charge is 0.496 e. The highest BCUT2D eigenvalue weighted by Crippen LogP contribution is 2.33. The van der Waals surface area contributed by atoms with Gasteiger partial charge >= 0.3 is 0 Å². The van der Waals surface area contributed by atoms with Gasteiger partial charge in [-0.05, 0) is 38.9 Å². The summed E-state index contributed by atoms with van der Waals surface area (Å²) in [6.45, 7) is 3.98. The molecule has 94 valence electrons. The van der Waals surface area contributed by atoms with Crippen LogP contribution in [0.5, 0.6) is 5.75 Å². The van der Waals surface area contributed by atoms with Crippen LogP contribution >= 0.6 is 0 Å². The van der Waals surface area contributed by atoms with Crippen LogP contribution in [0.3, 0.4) is 0 Å². The molecule has 0 radical (unpaired) electrons. The van der Waals surface area contributed by atoms with Gasteiger partial charge in [-0.25, -0.2) is 0 Å². The van der Waals surface area contributed by atoms with Crippen LogP contribution in [0.25, 0.3) is 0 Å². The van der Waals surface area contributed by atoms with Crippen molar-refractivity contribution in [3.63, 3.8) is 0 Å². The van der Waals surface area contributed by atoms with Gasteiger partial charge in [-0.3, -0.25) is 4.90 Å². The Morgan fingerprint density at radius 1 is 1.24 bits per heavy atom. The summed E-state index contributed by atoms with van der Waals surface area (Å²) in [4.78, 5) is 2.35. The molecule has 0 spiro atoms. The molecular weight excluding hydrogens is 214 g/mol. The lowest BCUT2D eigenvalue weighted by molar-refractivity contribution is 0.0733. The van der Waals surface area contributed by atoms with E-state index >= 15 is 0 Å². The van der Waals surface area contributed by atoms with Gasteiger partial charge in [-0.15, -0.1) is 0 Å². The summed E-state index contributed by atoms with van der Waals surface area (Å²) in [5.74, 6) is 0.866. The Labute approximate surface area is 103 Å². The van der Waals surface area contributed by atoms with Gasteiger partial charge in [0.1, 0.15) is 5.75 Å². The van der Waals surface area contributed by atoms with E-state index in [1.807, 2.05) is 25.1 Å². The van der Waals surface area contributed by atoms with Crippen molar-refractivity contribution in [2.75, 3.05) is 20.2 Å². The molecule has 0 aromatic heterocycles. The van der Waals surface area contributed by atoms with E-state index in [9.17, 15) is 5.11 Å². The number of benzene rings is 1. The number of nitrogens with zero attached hydrogens (tertiary/aromatic N) is 1. The maximum Gasteiger partial charge on any atom is 0.123 e. The zero-order valence-electron chi connectivity index (χ0n) is 10.6. The van der Waals surface area contributed by atoms with Crippen LogP contribution in [0, 0.1) is 0 Å². The van der Waals surface area contributed by atoms with E-state index in [0.29, 0.717) is 0 Å². The van der Waals surface area contributed by atoms with Crippen LogP contribution in [0.2, 0.25) is 0 Å².